The molecule has 10 heteroatoms. The molecule has 2 saturated heterocycles. The number of fused-ring (bicyclic) bond motifs is 4. The second-order valence-corrected chi connectivity index (χ2v) is 10.6. The summed E-state index contributed by atoms with van der Waals surface area (Å²) in [5.41, 5.74) is 1.15. The fraction of sp³-hybridized carbons (Fsp3) is 0.500. The maximum atomic E-state index is 13.4. The van der Waals surface area contributed by atoms with Crippen molar-refractivity contribution in [2.75, 3.05) is 20.7 Å². The molecule has 0 radical (unpaired) electrons. The number of rotatable bonds is 3. The van der Waals surface area contributed by atoms with Crippen molar-refractivity contribution in [2.45, 2.75) is 35.4 Å². The Balaban J connectivity index is 1.73. The molecule has 180 valence electrons. The number of phenols is 1. The number of nitrogens with zero attached hydrogens (tertiary/aromatic N) is 2. The monoisotopic (exact) mass is 506 g/mol. The first-order valence-corrected chi connectivity index (χ1v) is 11.9. The lowest BCUT2D eigenvalue weighted by Gasteiger charge is -2.50. The van der Waals surface area contributed by atoms with Crippen molar-refractivity contribution >= 4 is 46.8 Å². The molecule has 1 saturated carbocycles. The minimum atomic E-state index is -1.87. The Morgan fingerprint density at radius 2 is 1.82 bits per heavy atom. The molecule has 6 unspecified atom stereocenters. The number of aromatic hydroxyl groups is 1. The van der Waals surface area contributed by atoms with E-state index in [0.29, 0.717) is 17.6 Å². The molecule has 0 spiro atoms. The van der Waals surface area contributed by atoms with E-state index < -0.39 is 45.2 Å². The molecule has 1 aromatic rings. The Labute approximate surface area is 206 Å². The van der Waals surface area contributed by atoms with Crippen LogP contribution in [-0.4, -0.2) is 69.0 Å². The number of ether oxygens (including phenoxy) is 1. The Morgan fingerprint density at radius 1 is 1.12 bits per heavy atom. The number of methoxy groups -OCH3 is 1. The van der Waals surface area contributed by atoms with Crippen molar-refractivity contribution in [3.63, 3.8) is 0 Å². The van der Waals surface area contributed by atoms with Crippen LogP contribution in [0, 0.1) is 17.8 Å². The van der Waals surface area contributed by atoms with Gasteiger partial charge >= 0.3 is 0 Å². The highest BCUT2D eigenvalue weighted by molar-refractivity contribution is 6.53. The smallest absolute Gasteiger partial charge is 0.253 e. The number of halogens is 2. The molecule has 0 bridgehead atoms. The Hall–Kier alpha value is -2.58. The molecule has 2 aliphatic carbocycles. The number of imide groups is 2. The number of allylic oxidation sites excluding steroid dienone is 2. The van der Waals surface area contributed by atoms with Crippen molar-refractivity contribution in [3.8, 4) is 11.5 Å². The summed E-state index contributed by atoms with van der Waals surface area (Å²) in [4.78, 5) is 51.4. The molecule has 0 aromatic heterocycles. The first-order chi connectivity index (χ1) is 16.0. The molecule has 2 aliphatic heterocycles. The molecule has 4 amide bonds. The molecular formula is C24H24Cl2N2O6. The van der Waals surface area contributed by atoms with E-state index >= 15 is 0 Å². The zero-order chi connectivity index (χ0) is 24.7. The fourth-order valence-corrected chi connectivity index (χ4v) is 7.40. The summed E-state index contributed by atoms with van der Waals surface area (Å²) in [5.74, 6) is -4.42. The van der Waals surface area contributed by atoms with Gasteiger partial charge in [-0.1, -0.05) is 17.7 Å². The van der Waals surface area contributed by atoms with Gasteiger partial charge in [0.2, 0.25) is 11.8 Å². The molecule has 4 aliphatic rings. The second-order valence-electron chi connectivity index (χ2n) is 9.35. The van der Waals surface area contributed by atoms with Gasteiger partial charge in [0.05, 0.1) is 18.9 Å². The minimum Gasteiger partial charge on any atom is -0.504 e. The maximum Gasteiger partial charge on any atom is 0.253 e. The quantitative estimate of drug-likeness (QED) is 0.383. The van der Waals surface area contributed by atoms with Gasteiger partial charge in [-0.15, -0.1) is 23.2 Å². The number of amides is 4. The van der Waals surface area contributed by atoms with Crippen LogP contribution >= 0.6 is 23.2 Å². The molecule has 1 aromatic carbocycles. The average molecular weight is 507 g/mol. The van der Waals surface area contributed by atoms with Gasteiger partial charge in [-0.25, -0.2) is 0 Å². The third-order valence-corrected chi connectivity index (χ3v) is 9.37. The lowest BCUT2D eigenvalue weighted by Crippen LogP contribution is -2.60. The van der Waals surface area contributed by atoms with E-state index in [4.69, 9.17) is 27.9 Å². The van der Waals surface area contributed by atoms with Gasteiger partial charge < -0.3 is 9.84 Å². The molecule has 6 atom stereocenters. The zero-order valence-corrected chi connectivity index (χ0v) is 20.4. The molecule has 34 heavy (non-hydrogen) atoms. The van der Waals surface area contributed by atoms with E-state index in [1.165, 1.54) is 25.1 Å². The van der Waals surface area contributed by atoms with Gasteiger partial charge in [0, 0.05) is 19.5 Å². The first kappa shape index (κ1) is 23.2. The second kappa shape index (κ2) is 7.46. The minimum absolute atomic E-state index is 0.0464. The summed E-state index contributed by atoms with van der Waals surface area (Å²) in [6.45, 7) is 2.00. The Bertz CT molecular complexity index is 1180. The van der Waals surface area contributed by atoms with E-state index in [2.05, 4.69) is 0 Å². The summed E-state index contributed by atoms with van der Waals surface area (Å²) in [6, 6.07) is 4.65. The third-order valence-electron chi connectivity index (χ3n) is 7.96. The van der Waals surface area contributed by atoms with E-state index in [1.807, 2.05) is 6.08 Å². The maximum absolute atomic E-state index is 13.4. The normalized spacial score (nSPS) is 36.9. The van der Waals surface area contributed by atoms with Crippen LogP contribution in [0.4, 0.5) is 0 Å². The molecule has 2 heterocycles. The number of likely N-dealkylation sites (tertiary alicyclic amines) is 2. The number of carbonyl (C=O) groups is 4. The highest BCUT2D eigenvalue weighted by Crippen LogP contribution is 2.65. The molecule has 1 N–H and O–H groups in total. The standard InChI is InChI=1S/C24H24Cl2N2O6/c1-4-28-19(30)13-7-6-12-14(17(13)20(28)31)10-23(25)21(32)27(2)22(33)24(23,26)18(12)11-5-8-16(34-3)15(29)9-11/h5-6,8-9,13-14,17-18,29H,4,7,10H2,1-3H3. The van der Waals surface area contributed by atoms with Crippen molar-refractivity contribution in [1.29, 1.82) is 0 Å². The van der Waals surface area contributed by atoms with Crippen LogP contribution in [0.25, 0.3) is 0 Å². The van der Waals surface area contributed by atoms with Crippen LogP contribution < -0.4 is 4.74 Å². The molecule has 5 rings (SSSR count). The van der Waals surface area contributed by atoms with Crippen LogP contribution in [0.15, 0.2) is 29.8 Å². The predicted octanol–water partition coefficient (Wildman–Crippen LogP) is 2.41. The van der Waals surface area contributed by atoms with E-state index in [9.17, 15) is 24.3 Å². The highest BCUT2D eigenvalue weighted by Gasteiger charge is 2.75. The summed E-state index contributed by atoms with van der Waals surface area (Å²) in [6.07, 6.45) is 2.13. The van der Waals surface area contributed by atoms with Gasteiger partial charge in [-0.2, -0.15) is 0 Å². The Morgan fingerprint density at radius 3 is 2.44 bits per heavy atom. The fourth-order valence-electron chi connectivity index (χ4n) is 6.38. The number of carbonyl (C=O) groups excluding carboxylic acids is 4. The predicted molar refractivity (Wildman–Crippen MR) is 123 cm³/mol. The van der Waals surface area contributed by atoms with Crippen LogP contribution in [0.2, 0.25) is 0 Å². The summed E-state index contributed by atoms with van der Waals surface area (Å²) >= 11 is 14.1. The lowest BCUT2D eigenvalue weighted by atomic mass is 9.56. The largest absolute Gasteiger partial charge is 0.504 e. The number of alkyl halides is 2. The van der Waals surface area contributed by atoms with Gasteiger partial charge in [0.25, 0.3) is 11.8 Å². The van der Waals surface area contributed by atoms with Crippen LogP contribution in [0.5, 0.6) is 11.5 Å². The van der Waals surface area contributed by atoms with Crippen molar-refractivity contribution in [3.05, 3.63) is 35.4 Å². The van der Waals surface area contributed by atoms with Crippen molar-refractivity contribution < 1.29 is 29.0 Å². The third kappa shape index (κ3) is 2.61. The van der Waals surface area contributed by atoms with Gasteiger partial charge in [-0.3, -0.25) is 29.0 Å². The lowest BCUT2D eigenvalue weighted by molar-refractivity contribution is -0.141. The van der Waals surface area contributed by atoms with Gasteiger partial charge in [0.1, 0.15) is 0 Å². The topological polar surface area (TPSA) is 104 Å². The molecular weight excluding hydrogens is 483 g/mol. The average Bonchev–Trinajstić information content (AvgIpc) is 3.13. The van der Waals surface area contributed by atoms with Crippen molar-refractivity contribution in [1.82, 2.24) is 9.80 Å². The molecule has 3 fully saturated rings. The zero-order valence-electron chi connectivity index (χ0n) is 18.9. The Kier molecular flexibility index (Phi) is 5.08. The van der Waals surface area contributed by atoms with E-state index in [-0.39, 0.29) is 36.3 Å². The van der Waals surface area contributed by atoms with E-state index in [1.54, 1.807) is 19.1 Å². The number of benzene rings is 1. The van der Waals surface area contributed by atoms with Gasteiger partial charge in [-0.05, 0) is 43.4 Å². The first-order valence-electron chi connectivity index (χ1n) is 11.1. The van der Waals surface area contributed by atoms with Crippen molar-refractivity contribution in [2.24, 2.45) is 17.8 Å². The summed E-state index contributed by atoms with van der Waals surface area (Å²) in [7, 11) is 2.75. The number of hydrogen-bond donors (Lipinski definition) is 1. The SMILES string of the molecule is CCN1C(=O)C2CC=C3C(CC4(Cl)C(=O)N(C)C(=O)C4(Cl)C3c3ccc(OC)c(O)c3)C2C1=O. The highest BCUT2D eigenvalue weighted by atomic mass is 35.5. The van der Waals surface area contributed by atoms with Crippen LogP contribution in [0.3, 0.4) is 0 Å². The summed E-state index contributed by atoms with van der Waals surface area (Å²) < 4.78 is 5.15. The molecule has 8 nitrogen and oxygen atoms in total. The van der Waals surface area contributed by atoms with Gasteiger partial charge in [0.15, 0.2) is 21.2 Å². The number of phenolic OH excluding ortho intramolecular Hbond substituents is 1. The van der Waals surface area contributed by atoms with Crippen LogP contribution in [-0.2, 0) is 19.2 Å². The summed E-state index contributed by atoms with van der Waals surface area (Å²) in [5, 5.41) is 10.5. The van der Waals surface area contributed by atoms with Crippen LogP contribution in [0.1, 0.15) is 31.2 Å². The number of hydrogen-bond acceptors (Lipinski definition) is 6. The van der Waals surface area contributed by atoms with E-state index in [0.717, 1.165) is 4.90 Å².